The lowest BCUT2D eigenvalue weighted by atomic mass is 10.1. The maximum atomic E-state index is 14.5. The molecule has 15 nitrogen and oxygen atoms in total. The highest BCUT2D eigenvalue weighted by Crippen LogP contribution is 2.26. The molecule has 6 amide bonds. The van der Waals surface area contributed by atoms with Crippen LogP contribution in [0.3, 0.4) is 0 Å². The summed E-state index contributed by atoms with van der Waals surface area (Å²) in [7, 11) is 0. The van der Waals surface area contributed by atoms with Crippen molar-refractivity contribution in [3.8, 4) is 0 Å². The number of amides is 6. The summed E-state index contributed by atoms with van der Waals surface area (Å²) in [5.41, 5.74) is 19.0. The molecule has 1 heterocycles. The van der Waals surface area contributed by atoms with E-state index in [4.69, 9.17) is 17.2 Å². The van der Waals surface area contributed by atoms with Gasteiger partial charge in [0.15, 0.2) is 0 Å². The van der Waals surface area contributed by atoms with Crippen molar-refractivity contribution in [3.05, 3.63) is 107 Å². The van der Waals surface area contributed by atoms with Gasteiger partial charge in [-0.3, -0.25) is 28.8 Å². The number of carbonyl (C=O) groups excluding carboxylic acids is 6. The van der Waals surface area contributed by atoms with Gasteiger partial charge in [-0.1, -0.05) is 36.4 Å². The number of hydrogen-bond acceptors (Lipinski definition) is 9. The third-order valence-corrected chi connectivity index (χ3v) is 11.3. The van der Waals surface area contributed by atoms with Gasteiger partial charge in [0, 0.05) is 19.6 Å². The first kappa shape index (κ1) is 49.8. The molecule has 0 bridgehead atoms. The molecule has 3 atom stereocenters. The topological polar surface area (TPSA) is 200 Å². The van der Waals surface area contributed by atoms with Gasteiger partial charge in [-0.2, -0.15) is 0 Å². The first-order valence-corrected chi connectivity index (χ1v) is 21.2. The van der Waals surface area contributed by atoms with E-state index in [1.807, 2.05) is 0 Å². The number of carbonyl (C=O) groups is 6. The molecule has 18 heteroatoms. The molecule has 1 aliphatic rings. The average molecular weight is 880 g/mol. The van der Waals surface area contributed by atoms with Crippen LogP contribution in [0.4, 0.5) is 13.2 Å². The zero-order valence-corrected chi connectivity index (χ0v) is 36.3. The molecule has 0 radical (unpaired) electrons. The van der Waals surface area contributed by atoms with Gasteiger partial charge in [0.05, 0.1) is 37.8 Å². The van der Waals surface area contributed by atoms with Gasteiger partial charge < -0.3 is 46.6 Å². The number of benzene rings is 3. The smallest absolute Gasteiger partial charge is 0.243 e. The summed E-state index contributed by atoms with van der Waals surface area (Å²) in [5, 5.41) is 0. The summed E-state index contributed by atoms with van der Waals surface area (Å²) >= 11 is 0. The van der Waals surface area contributed by atoms with E-state index in [1.165, 1.54) is 102 Å². The Labute approximate surface area is 366 Å². The van der Waals surface area contributed by atoms with Crippen molar-refractivity contribution >= 4 is 35.4 Å². The van der Waals surface area contributed by atoms with Gasteiger partial charge in [-0.25, -0.2) is 13.2 Å². The van der Waals surface area contributed by atoms with Gasteiger partial charge in [-0.05, 0) is 113 Å². The van der Waals surface area contributed by atoms with Crippen molar-refractivity contribution in [2.75, 3.05) is 78.5 Å². The molecule has 0 unspecified atom stereocenters. The Morgan fingerprint density at radius 3 is 0.825 bits per heavy atom. The Kier molecular flexibility index (Phi) is 19.1. The van der Waals surface area contributed by atoms with Crippen LogP contribution in [0.2, 0.25) is 0 Å². The first-order valence-electron chi connectivity index (χ1n) is 21.2. The molecule has 4 rings (SSSR count). The van der Waals surface area contributed by atoms with Crippen LogP contribution in [0.5, 0.6) is 0 Å². The monoisotopic (exact) mass is 879 g/mol. The minimum Gasteiger partial charge on any atom is -0.332 e. The van der Waals surface area contributed by atoms with E-state index in [9.17, 15) is 41.9 Å². The summed E-state index contributed by atoms with van der Waals surface area (Å²) in [4.78, 5) is 94.3. The summed E-state index contributed by atoms with van der Waals surface area (Å²) < 4.78 is 42.2. The van der Waals surface area contributed by atoms with Crippen molar-refractivity contribution < 1.29 is 41.9 Å². The molecule has 1 aliphatic heterocycles. The second-order valence-corrected chi connectivity index (χ2v) is 15.6. The number of hydrogen-bond donors (Lipinski definition) is 3. The average Bonchev–Trinajstić information content (AvgIpc) is 3.27. The van der Waals surface area contributed by atoms with Gasteiger partial charge in [0.2, 0.25) is 35.4 Å². The molecule has 6 N–H and O–H groups in total. The Balaban J connectivity index is 1.89. The molecule has 0 spiro atoms. The largest absolute Gasteiger partial charge is 0.332 e. The van der Waals surface area contributed by atoms with Crippen molar-refractivity contribution in [2.24, 2.45) is 17.2 Å². The lowest BCUT2D eigenvalue weighted by Gasteiger charge is -2.37. The quantitative estimate of drug-likeness (QED) is 0.206. The molecular formula is C45H60F3N9O6. The van der Waals surface area contributed by atoms with Crippen LogP contribution in [-0.2, 0) is 28.8 Å². The third kappa shape index (κ3) is 14.1. The Bertz CT molecular complexity index is 1780. The van der Waals surface area contributed by atoms with E-state index in [0.29, 0.717) is 16.7 Å². The molecule has 342 valence electrons. The molecule has 3 aromatic rings. The molecule has 0 saturated carbocycles. The van der Waals surface area contributed by atoms with Gasteiger partial charge in [0.1, 0.15) is 37.1 Å². The van der Waals surface area contributed by atoms with Crippen LogP contribution < -0.4 is 17.2 Å². The highest BCUT2D eigenvalue weighted by Gasteiger charge is 2.35. The summed E-state index contributed by atoms with van der Waals surface area (Å²) in [6.07, 6.45) is 0.822. The number of rotatable bonds is 15. The minimum atomic E-state index is -0.838. The highest BCUT2D eigenvalue weighted by molar-refractivity contribution is 5.94. The Morgan fingerprint density at radius 2 is 0.619 bits per heavy atom. The molecule has 0 aliphatic carbocycles. The number of nitrogens with zero attached hydrogens (tertiary/aromatic N) is 6. The zero-order chi connectivity index (χ0) is 46.2. The normalized spacial score (nSPS) is 17.3. The minimum absolute atomic E-state index is 0.00105. The Morgan fingerprint density at radius 1 is 0.397 bits per heavy atom. The molecule has 1 saturated heterocycles. The van der Waals surface area contributed by atoms with E-state index in [-0.39, 0.29) is 58.5 Å². The lowest BCUT2D eigenvalue weighted by Crippen LogP contribution is -2.54. The SMILES string of the molecule is C[C@@H](c1ccc(F)cc1)N1CC(=O)N(CCCN)CC(=O)N([C@@H](C)c2ccc(F)cc2)CC(=O)N(CCCN)CC(=O)N([C@@H](C)c2ccc(F)cc2)CC(=O)N(CCCN)CC1=O. The van der Waals surface area contributed by atoms with E-state index in [1.54, 1.807) is 20.8 Å². The van der Waals surface area contributed by atoms with Crippen molar-refractivity contribution in [1.29, 1.82) is 0 Å². The molecule has 0 aromatic heterocycles. The lowest BCUT2D eigenvalue weighted by molar-refractivity contribution is -0.152. The predicted octanol–water partition coefficient (Wildman–Crippen LogP) is 2.72. The molecular weight excluding hydrogens is 820 g/mol. The van der Waals surface area contributed by atoms with E-state index < -0.39 is 110 Å². The van der Waals surface area contributed by atoms with Gasteiger partial charge >= 0.3 is 0 Å². The van der Waals surface area contributed by atoms with Crippen LogP contribution in [0, 0.1) is 17.5 Å². The van der Waals surface area contributed by atoms with Crippen molar-refractivity contribution in [2.45, 2.75) is 58.2 Å². The van der Waals surface area contributed by atoms with Crippen LogP contribution in [0.25, 0.3) is 0 Å². The zero-order valence-electron chi connectivity index (χ0n) is 36.3. The molecule has 63 heavy (non-hydrogen) atoms. The second-order valence-electron chi connectivity index (χ2n) is 15.6. The predicted molar refractivity (Wildman–Crippen MR) is 230 cm³/mol. The van der Waals surface area contributed by atoms with Gasteiger partial charge in [-0.15, -0.1) is 0 Å². The summed E-state index contributed by atoms with van der Waals surface area (Å²) in [6.45, 7) is 2.05. The number of halogens is 3. The fraction of sp³-hybridized carbons (Fsp3) is 0.467. The maximum Gasteiger partial charge on any atom is 0.243 e. The van der Waals surface area contributed by atoms with Crippen molar-refractivity contribution in [1.82, 2.24) is 29.4 Å². The fourth-order valence-electron chi connectivity index (χ4n) is 7.31. The highest BCUT2D eigenvalue weighted by atomic mass is 19.1. The van der Waals surface area contributed by atoms with Crippen LogP contribution >= 0.6 is 0 Å². The third-order valence-electron chi connectivity index (χ3n) is 11.3. The van der Waals surface area contributed by atoms with E-state index in [0.717, 1.165) is 0 Å². The first-order chi connectivity index (χ1) is 30.1. The summed E-state index contributed by atoms with van der Waals surface area (Å²) in [6, 6.07) is 13.6. The standard InChI is InChI=1S/C45H60F3N9O6/c1-31(34-7-13-37(46)14-8-34)55-28-40(58)53(23-5-20-50)26-44(62)57(33(3)36-11-17-39(48)18-12-36)30-42(60)54(24-6-21-51)27-45(63)56(32(2)35-9-15-38(47)16-10-35)29-41(59)52(22-4-19-49)25-43(55)61/h7-18,31-33H,4-6,19-30,49-51H2,1-3H3/t31-,32-,33-/m0/s1. The number of nitrogens with two attached hydrogens (primary N) is 3. The fourth-order valence-corrected chi connectivity index (χ4v) is 7.31. The Hall–Kier alpha value is -5.85. The van der Waals surface area contributed by atoms with Crippen LogP contribution in [0.15, 0.2) is 72.8 Å². The second kappa shape index (κ2) is 24.1. The van der Waals surface area contributed by atoms with Crippen LogP contribution in [0.1, 0.15) is 74.8 Å². The summed E-state index contributed by atoms with van der Waals surface area (Å²) in [5.74, 6) is -5.47. The molecule has 1 fully saturated rings. The maximum absolute atomic E-state index is 14.5. The van der Waals surface area contributed by atoms with E-state index in [2.05, 4.69) is 0 Å². The van der Waals surface area contributed by atoms with Crippen LogP contribution in [-0.4, -0.2) is 143 Å². The van der Waals surface area contributed by atoms with E-state index >= 15 is 0 Å². The van der Waals surface area contributed by atoms with Gasteiger partial charge in [0.25, 0.3) is 0 Å². The van der Waals surface area contributed by atoms with Crippen molar-refractivity contribution in [3.63, 3.8) is 0 Å². The molecule has 3 aromatic carbocycles.